The van der Waals surface area contributed by atoms with Gasteiger partial charge in [0.1, 0.15) is 5.75 Å². The summed E-state index contributed by atoms with van der Waals surface area (Å²) in [6, 6.07) is 0. The summed E-state index contributed by atoms with van der Waals surface area (Å²) in [5.41, 5.74) is 0.182. The molecule has 2 aliphatic rings. The summed E-state index contributed by atoms with van der Waals surface area (Å²) in [5.74, 6) is -0.624. The van der Waals surface area contributed by atoms with E-state index in [1.54, 1.807) is 18.7 Å². The van der Waals surface area contributed by atoms with Crippen LogP contribution in [0.15, 0.2) is 12.2 Å². The third-order valence-electron chi connectivity index (χ3n) is 4.98. The van der Waals surface area contributed by atoms with Crippen LogP contribution in [0, 0.1) is 5.41 Å². The van der Waals surface area contributed by atoms with Crippen molar-refractivity contribution in [3.05, 3.63) is 12.2 Å². The fourth-order valence-corrected chi connectivity index (χ4v) is 5.15. The Kier molecular flexibility index (Phi) is 5.66. The first kappa shape index (κ1) is 17.5. The lowest BCUT2D eigenvalue weighted by molar-refractivity contribution is -0.132. The average molecular weight is 328 g/mol. The molecule has 0 bridgehead atoms. The van der Waals surface area contributed by atoms with Gasteiger partial charge in [-0.1, -0.05) is 26.0 Å². The number of carbonyl (C=O) groups is 1. The number of piperidine rings is 1. The molecule has 22 heavy (non-hydrogen) atoms. The van der Waals surface area contributed by atoms with E-state index >= 15 is 0 Å². The van der Waals surface area contributed by atoms with E-state index in [9.17, 15) is 13.2 Å². The van der Waals surface area contributed by atoms with Gasteiger partial charge >= 0.3 is 0 Å². The third kappa shape index (κ3) is 3.90. The number of nitrogens with zero attached hydrogens (tertiary/aromatic N) is 2. The minimum absolute atomic E-state index is 0.182. The Hall–Kier alpha value is -0.880. The molecular formula is C16H28N2O3S. The van der Waals surface area contributed by atoms with E-state index in [1.807, 2.05) is 0 Å². The maximum atomic E-state index is 12.5. The van der Waals surface area contributed by atoms with Gasteiger partial charge in [0, 0.05) is 26.2 Å². The molecule has 1 atom stereocenters. The number of likely N-dealkylation sites (tertiary alicyclic amines) is 1. The van der Waals surface area contributed by atoms with Crippen LogP contribution in [-0.2, 0) is 14.8 Å². The van der Waals surface area contributed by atoms with Crippen molar-refractivity contribution in [3.63, 3.8) is 0 Å². The van der Waals surface area contributed by atoms with Crippen molar-refractivity contribution < 1.29 is 13.2 Å². The highest BCUT2D eigenvalue weighted by Crippen LogP contribution is 2.40. The highest BCUT2D eigenvalue weighted by atomic mass is 32.2. The predicted octanol–water partition coefficient (Wildman–Crippen LogP) is 2.01. The number of sulfonamides is 1. The maximum Gasteiger partial charge on any atom is 0.239 e. The molecule has 1 spiro atoms. The number of allylic oxidation sites excluding steroid dienone is 2. The molecule has 1 fully saturated rings. The van der Waals surface area contributed by atoms with Gasteiger partial charge in [-0.2, -0.15) is 0 Å². The molecule has 0 aromatic rings. The zero-order chi connectivity index (χ0) is 16.2. The standard InChI is InChI=1S/C16H28N2O3S/c1-3-18(4-2)22(20,21)13-15(19)17-12-8-11-16(14-17)9-6-5-7-10-16/h5-6H,3-4,7-14H2,1-2H3. The molecule has 1 aliphatic carbocycles. The molecule has 0 aromatic carbocycles. The lowest BCUT2D eigenvalue weighted by Gasteiger charge is -2.44. The molecule has 1 unspecified atom stereocenters. The highest BCUT2D eigenvalue weighted by molar-refractivity contribution is 7.89. The number of hydrogen-bond acceptors (Lipinski definition) is 3. The molecule has 0 N–H and O–H groups in total. The third-order valence-corrected chi connectivity index (χ3v) is 6.89. The average Bonchev–Trinajstić information content (AvgIpc) is 2.48. The Morgan fingerprint density at radius 1 is 1.23 bits per heavy atom. The summed E-state index contributed by atoms with van der Waals surface area (Å²) < 4.78 is 25.9. The van der Waals surface area contributed by atoms with Crippen LogP contribution in [0.3, 0.4) is 0 Å². The van der Waals surface area contributed by atoms with E-state index in [0.717, 1.165) is 32.1 Å². The second-order valence-electron chi connectivity index (χ2n) is 6.47. The van der Waals surface area contributed by atoms with E-state index in [0.29, 0.717) is 26.2 Å². The van der Waals surface area contributed by atoms with Gasteiger partial charge in [0.25, 0.3) is 0 Å². The number of carbonyl (C=O) groups excluding carboxylic acids is 1. The summed E-state index contributed by atoms with van der Waals surface area (Å²) in [7, 11) is -3.49. The summed E-state index contributed by atoms with van der Waals surface area (Å²) in [6.45, 7) is 5.84. The summed E-state index contributed by atoms with van der Waals surface area (Å²) in [5, 5.41) is 0. The largest absolute Gasteiger partial charge is 0.341 e. The van der Waals surface area contributed by atoms with E-state index < -0.39 is 10.0 Å². The summed E-state index contributed by atoms with van der Waals surface area (Å²) >= 11 is 0. The van der Waals surface area contributed by atoms with Crippen LogP contribution < -0.4 is 0 Å². The number of rotatable bonds is 5. The van der Waals surface area contributed by atoms with Gasteiger partial charge in [0.05, 0.1) is 0 Å². The normalized spacial score (nSPS) is 25.9. The van der Waals surface area contributed by atoms with E-state index in [2.05, 4.69) is 12.2 Å². The Labute approximate surface area is 134 Å². The van der Waals surface area contributed by atoms with Crippen molar-refractivity contribution in [1.29, 1.82) is 0 Å². The minimum atomic E-state index is -3.49. The molecule has 5 nitrogen and oxygen atoms in total. The van der Waals surface area contributed by atoms with Crippen LogP contribution in [0.2, 0.25) is 0 Å². The smallest absolute Gasteiger partial charge is 0.239 e. The van der Waals surface area contributed by atoms with Gasteiger partial charge in [-0.05, 0) is 37.5 Å². The first-order valence-corrected chi connectivity index (χ1v) is 9.94. The minimum Gasteiger partial charge on any atom is -0.341 e. The van der Waals surface area contributed by atoms with E-state index in [1.165, 1.54) is 4.31 Å². The summed E-state index contributed by atoms with van der Waals surface area (Å²) in [4.78, 5) is 14.3. The van der Waals surface area contributed by atoms with E-state index in [4.69, 9.17) is 0 Å². The van der Waals surface area contributed by atoms with Crippen LogP contribution in [-0.4, -0.2) is 55.5 Å². The second-order valence-corrected chi connectivity index (χ2v) is 8.44. The lowest BCUT2D eigenvalue weighted by atomic mass is 9.71. The Morgan fingerprint density at radius 3 is 2.55 bits per heavy atom. The van der Waals surface area contributed by atoms with Crippen molar-refractivity contribution in [2.24, 2.45) is 5.41 Å². The van der Waals surface area contributed by atoms with Crippen molar-refractivity contribution in [1.82, 2.24) is 9.21 Å². The molecule has 1 amide bonds. The van der Waals surface area contributed by atoms with Gasteiger partial charge in [0.15, 0.2) is 0 Å². The zero-order valence-corrected chi connectivity index (χ0v) is 14.6. The molecule has 0 aromatic heterocycles. The first-order valence-electron chi connectivity index (χ1n) is 8.33. The predicted molar refractivity (Wildman–Crippen MR) is 87.9 cm³/mol. The molecule has 1 heterocycles. The van der Waals surface area contributed by atoms with Gasteiger partial charge in [-0.15, -0.1) is 0 Å². The van der Waals surface area contributed by atoms with Crippen molar-refractivity contribution in [2.75, 3.05) is 31.9 Å². The number of amides is 1. The lowest BCUT2D eigenvalue weighted by Crippen LogP contribution is -2.49. The van der Waals surface area contributed by atoms with Gasteiger partial charge in [0.2, 0.25) is 15.9 Å². The maximum absolute atomic E-state index is 12.5. The van der Waals surface area contributed by atoms with Crippen LogP contribution >= 0.6 is 0 Å². The van der Waals surface area contributed by atoms with Crippen LogP contribution in [0.25, 0.3) is 0 Å². The molecular weight excluding hydrogens is 300 g/mol. The molecule has 6 heteroatoms. The molecule has 0 saturated carbocycles. The van der Waals surface area contributed by atoms with Crippen LogP contribution in [0.5, 0.6) is 0 Å². The Bertz CT molecular complexity index is 526. The fraction of sp³-hybridized carbons (Fsp3) is 0.812. The monoisotopic (exact) mass is 328 g/mol. The van der Waals surface area contributed by atoms with Crippen LogP contribution in [0.4, 0.5) is 0 Å². The molecule has 1 saturated heterocycles. The Balaban J connectivity index is 2.02. The van der Waals surface area contributed by atoms with Gasteiger partial charge < -0.3 is 4.90 Å². The number of hydrogen-bond donors (Lipinski definition) is 0. The molecule has 1 aliphatic heterocycles. The van der Waals surface area contributed by atoms with Crippen molar-refractivity contribution in [2.45, 2.75) is 46.0 Å². The fourth-order valence-electron chi connectivity index (χ4n) is 3.69. The topological polar surface area (TPSA) is 57.7 Å². The van der Waals surface area contributed by atoms with Crippen molar-refractivity contribution >= 4 is 15.9 Å². The molecule has 2 rings (SSSR count). The SMILES string of the molecule is CCN(CC)S(=O)(=O)CC(=O)N1CCCC2(CC=CCC2)C1. The van der Waals surface area contributed by atoms with E-state index in [-0.39, 0.29) is 17.1 Å². The van der Waals surface area contributed by atoms with Gasteiger partial charge in [-0.3, -0.25) is 4.79 Å². The quantitative estimate of drug-likeness (QED) is 0.725. The van der Waals surface area contributed by atoms with Crippen LogP contribution in [0.1, 0.15) is 46.0 Å². The molecule has 126 valence electrons. The summed E-state index contributed by atoms with van der Waals surface area (Å²) in [6.07, 6.45) is 9.73. The zero-order valence-electron chi connectivity index (χ0n) is 13.8. The van der Waals surface area contributed by atoms with Gasteiger partial charge in [-0.25, -0.2) is 12.7 Å². The highest BCUT2D eigenvalue weighted by Gasteiger charge is 2.37. The van der Waals surface area contributed by atoms with Crippen molar-refractivity contribution in [3.8, 4) is 0 Å². The molecule has 0 radical (unpaired) electrons. The first-order chi connectivity index (χ1) is 10.4. The second kappa shape index (κ2) is 7.13. The Morgan fingerprint density at radius 2 is 1.95 bits per heavy atom.